The highest BCUT2D eigenvalue weighted by Crippen LogP contribution is 2.38. The molecule has 0 fully saturated rings. The standard InChI is InChI=1S/C15H9Br2ClN2O/c16-8-1-3-9(4-2-8)19-7-12-15(21)13-11(20-12)6-5-10(17)14(13)18/h1-7,20-21H. The molecule has 1 aromatic heterocycles. The lowest BCUT2D eigenvalue weighted by atomic mass is 10.2. The van der Waals surface area contributed by atoms with Crippen molar-refractivity contribution >= 4 is 66.3 Å². The van der Waals surface area contributed by atoms with Gasteiger partial charge in [0.2, 0.25) is 0 Å². The third-order valence-electron chi connectivity index (χ3n) is 3.03. The Hall–Kier alpha value is -1.30. The lowest BCUT2D eigenvalue weighted by molar-refractivity contribution is 0.480. The molecule has 3 aromatic rings. The van der Waals surface area contributed by atoms with E-state index in [0.717, 1.165) is 20.1 Å². The summed E-state index contributed by atoms with van der Waals surface area (Å²) < 4.78 is 1.73. The molecule has 2 aromatic carbocycles. The van der Waals surface area contributed by atoms with Gasteiger partial charge in [0.15, 0.2) is 5.75 Å². The summed E-state index contributed by atoms with van der Waals surface area (Å²) in [6.45, 7) is 0. The van der Waals surface area contributed by atoms with Gasteiger partial charge < -0.3 is 10.1 Å². The van der Waals surface area contributed by atoms with Crippen molar-refractivity contribution in [3.63, 3.8) is 0 Å². The van der Waals surface area contributed by atoms with Gasteiger partial charge in [0, 0.05) is 8.95 Å². The predicted molar refractivity (Wildman–Crippen MR) is 94.1 cm³/mol. The molecule has 6 heteroatoms. The molecule has 0 atom stereocenters. The van der Waals surface area contributed by atoms with E-state index in [1.54, 1.807) is 6.21 Å². The number of aromatic hydroxyl groups is 1. The molecule has 1 heterocycles. The number of H-pyrrole nitrogens is 1. The fourth-order valence-corrected chi connectivity index (χ4v) is 2.83. The molecule has 2 N–H and O–H groups in total. The lowest BCUT2D eigenvalue weighted by Crippen LogP contribution is -1.80. The Balaban J connectivity index is 2.03. The fraction of sp³-hybridized carbons (Fsp3) is 0. The molecule has 0 saturated carbocycles. The number of benzene rings is 2. The van der Waals surface area contributed by atoms with Crippen molar-refractivity contribution in [3.8, 4) is 5.75 Å². The Morgan fingerprint density at radius 3 is 2.52 bits per heavy atom. The lowest BCUT2D eigenvalue weighted by Gasteiger charge is -1.97. The summed E-state index contributed by atoms with van der Waals surface area (Å²) in [6, 6.07) is 11.3. The molecule has 0 aliphatic heterocycles. The first-order valence-corrected chi connectivity index (χ1v) is 8.01. The summed E-state index contributed by atoms with van der Waals surface area (Å²) in [5.74, 6) is 0.0946. The van der Waals surface area contributed by atoms with Crippen LogP contribution in [0.2, 0.25) is 5.02 Å². The number of hydrogen-bond donors (Lipinski definition) is 2. The van der Waals surface area contributed by atoms with E-state index in [-0.39, 0.29) is 5.75 Å². The first-order valence-electron chi connectivity index (χ1n) is 6.04. The topological polar surface area (TPSA) is 48.4 Å². The van der Waals surface area contributed by atoms with Crippen LogP contribution in [0.15, 0.2) is 50.3 Å². The Labute approximate surface area is 142 Å². The first-order chi connectivity index (χ1) is 10.1. The van der Waals surface area contributed by atoms with Gasteiger partial charge in [0.25, 0.3) is 0 Å². The van der Waals surface area contributed by atoms with Crippen molar-refractivity contribution in [1.82, 2.24) is 4.98 Å². The van der Waals surface area contributed by atoms with Crippen LogP contribution >= 0.6 is 43.5 Å². The summed E-state index contributed by atoms with van der Waals surface area (Å²) in [6.07, 6.45) is 1.59. The minimum atomic E-state index is 0.0946. The van der Waals surface area contributed by atoms with Gasteiger partial charge in [-0.2, -0.15) is 0 Å². The van der Waals surface area contributed by atoms with Crippen LogP contribution in [0.5, 0.6) is 5.75 Å². The van der Waals surface area contributed by atoms with E-state index in [2.05, 4.69) is 41.8 Å². The van der Waals surface area contributed by atoms with E-state index < -0.39 is 0 Å². The number of fused-ring (bicyclic) bond motifs is 1. The number of rotatable bonds is 2. The molecule has 0 saturated heterocycles. The minimum absolute atomic E-state index is 0.0946. The quantitative estimate of drug-likeness (QED) is 0.498. The Morgan fingerprint density at radius 2 is 1.81 bits per heavy atom. The molecular formula is C15H9Br2ClN2O. The molecule has 0 aliphatic rings. The number of aliphatic imine (C=N–C) groups is 1. The zero-order valence-electron chi connectivity index (χ0n) is 10.6. The number of hydrogen-bond acceptors (Lipinski definition) is 2. The third kappa shape index (κ3) is 2.86. The number of aromatic amines is 1. The van der Waals surface area contributed by atoms with Crippen molar-refractivity contribution in [2.45, 2.75) is 0 Å². The van der Waals surface area contributed by atoms with Crippen molar-refractivity contribution in [2.75, 3.05) is 0 Å². The predicted octanol–water partition coefficient (Wildman–Crippen LogP) is 5.80. The molecule has 3 rings (SSSR count). The minimum Gasteiger partial charge on any atom is -0.505 e. The molecule has 0 spiro atoms. The summed E-state index contributed by atoms with van der Waals surface area (Å²) in [7, 11) is 0. The SMILES string of the molecule is Oc1c(C=Nc2ccc(Br)cc2)[nH]c2ccc(Br)c(Cl)c12. The van der Waals surface area contributed by atoms with Gasteiger partial charge in [-0.05, 0) is 52.3 Å². The number of nitrogens with zero attached hydrogens (tertiary/aromatic N) is 1. The van der Waals surface area contributed by atoms with Crippen LogP contribution < -0.4 is 0 Å². The number of aromatic nitrogens is 1. The summed E-state index contributed by atoms with van der Waals surface area (Å²) >= 11 is 12.9. The summed E-state index contributed by atoms with van der Waals surface area (Å²) in [4.78, 5) is 7.43. The largest absolute Gasteiger partial charge is 0.505 e. The van der Waals surface area contributed by atoms with E-state index in [9.17, 15) is 5.11 Å². The highest BCUT2D eigenvalue weighted by molar-refractivity contribution is 9.10. The average Bonchev–Trinajstić information content (AvgIpc) is 2.80. The maximum absolute atomic E-state index is 10.3. The van der Waals surface area contributed by atoms with Crippen LogP contribution in [0, 0.1) is 0 Å². The third-order valence-corrected chi connectivity index (χ3v) is 4.84. The average molecular weight is 429 g/mol. The molecule has 0 radical (unpaired) electrons. The Bertz CT molecular complexity index is 841. The van der Waals surface area contributed by atoms with E-state index in [0.29, 0.717) is 16.1 Å². The summed E-state index contributed by atoms with van der Waals surface area (Å²) in [5.41, 5.74) is 2.08. The van der Waals surface area contributed by atoms with Crippen LogP contribution in [-0.2, 0) is 0 Å². The molecule has 0 aliphatic carbocycles. The van der Waals surface area contributed by atoms with Crippen molar-refractivity contribution in [3.05, 3.63) is 56.1 Å². The second-order valence-electron chi connectivity index (χ2n) is 4.41. The van der Waals surface area contributed by atoms with Gasteiger partial charge in [0.1, 0.15) is 5.69 Å². The maximum Gasteiger partial charge on any atom is 0.151 e. The second-order valence-corrected chi connectivity index (χ2v) is 6.55. The molecule has 21 heavy (non-hydrogen) atoms. The van der Waals surface area contributed by atoms with Gasteiger partial charge in [-0.1, -0.05) is 27.5 Å². The van der Waals surface area contributed by atoms with Crippen molar-refractivity contribution in [1.29, 1.82) is 0 Å². The van der Waals surface area contributed by atoms with Crippen molar-refractivity contribution in [2.24, 2.45) is 4.99 Å². The van der Waals surface area contributed by atoms with Crippen LogP contribution in [0.4, 0.5) is 5.69 Å². The highest BCUT2D eigenvalue weighted by Gasteiger charge is 2.13. The number of halogens is 3. The first kappa shape index (κ1) is 14.6. The second kappa shape index (κ2) is 5.83. The van der Waals surface area contributed by atoms with Crippen LogP contribution in [0.25, 0.3) is 10.9 Å². The molecule has 0 amide bonds. The van der Waals surface area contributed by atoms with Gasteiger partial charge in [0.05, 0.1) is 27.8 Å². The fourth-order valence-electron chi connectivity index (χ4n) is 1.98. The molecular weight excluding hydrogens is 419 g/mol. The van der Waals surface area contributed by atoms with E-state index >= 15 is 0 Å². The van der Waals surface area contributed by atoms with Gasteiger partial charge >= 0.3 is 0 Å². The van der Waals surface area contributed by atoms with Crippen LogP contribution in [0.1, 0.15) is 5.69 Å². The monoisotopic (exact) mass is 426 g/mol. The van der Waals surface area contributed by atoms with Crippen molar-refractivity contribution < 1.29 is 5.11 Å². The molecule has 0 bridgehead atoms. The normalized spacial score (nSPS) is 11.6. The highest BCUT2D eigenvalue weighted by atomic mass is 79.9. The molecule has 3 nitrogen and oxygen atoms in total. The van der Waals surface area contributed by atoms with E-state index in [1.807, 2.05) is 36.4 Å². The molecule has 106 valence electrons. The molecule has 0 unspecified atom stereocenters. The Kier molecular flexibility index (Phi) is 4.06. The zero-order chi connectivity index (χ0) is 15.0. The smallest absolute Gasteiger partial charge is 0.151 e. The summed E-state index contributed by atoms with van der Waals surface area (Å²) in [5, 5.41) is 11.3. The zero-order valence-corrected chi connectivity index (χ0v) is 14.5. The van der Waals surface area contributed by atoms with E-state index in [1.165, 1.54) is 0 Å². The number of nitrogens with one attached hydrogen (secondary N) is 1. The van der Waals surface area contributed by atoms with Crippen LogP contribution in [-0.4, -0.2) is 16.3 Å². The van der Waals surface area contributed by atoms with Gasteiger partial charge in [-0.3, -0.25) is 4.99 Å². The van der Waals surface area contributed by atoms with Gasteiger partial charge in [-0.15, -0.1) is 0 Å². The van der Waals surface area contributed by atoms with Crippen LogP contribution in [0.3, 0.4) is 0 Å². The maximum atomic E-state index is 10.3. The Morgan fingerprint density at radius 1 is 1.10 bits per heavy atom. The van der Waals surface area contributed by atoms with Gasteiger partial charge in [-0.25, -0.2) is 0 Å². The van der Waals surface area contributed by atoms with E-state index in [4.69, 9.17) is 11.6 Å².